The molecule has 3 heterocycles. The molecule has 44 heavy (non-hydrogen) atoms. The highest BCUT2D eigenvalue weighted by atomic mass is 19.4. The van der Waals surface area contributed by atoms with Crippen molar-refractivity contribution in [3.63, 3.8) is 0 Å². The Labute approximate surface area is 249 Å². The van der Waals surface area contributed by atoms with Crippen LogP contribution in [0.3, 0.4) is 0 Å². The second-order valence-corrected chi connectivity index (χ2v) is 10.1. The van der Waals surface area contributed by atoms with Crippen LogP contribution in [-0.4, -0.2) is 44.2 Å². The number of carbonyl (C=O) groups is 2. The Morgan fingerprint density at radius 3 is 2.52 bits per heavy atom. The number of aryl methyl sites for hydroxylation is 1. The summed E-state index contributed by atoms with van der Waals surface area (Å²) in [4.78, 5) is 44.4. The van der Waals surface area contributed by atoms with Crippen molar-refractivity contribution in [1.82, 2.24) is 19.2 Å². The zero-order chi connectivity index (χ0) is 31.6. The van der Waals surface area contributed by atoms with Gasteiger partial charge in [-0.2, -0.15) is 22.7 Å². The van der Waals surface area contributed by atoms with E-state index in [2.05, 4.69) is 27.3 Å². The Kier molecular flexibility index (Phi) is 8.50. The molecule has 0 saturated heterocycles. The van der Waals surface area contributed by atoms with E-state index in [-0.39, 0.29) is 30.0 Å². The fraction of sp³-hybridized carbons (Fsp3) is 0.258. The first-order valence-corrected chi connectivity index (χ1v) is 13.8. The summed E-state index contributed by atoms with van der Waals surface area (Å²) in [6.45, 7) is 7.65. The molecule has 0 atom stereocenters. The molecule has 1 aliphatic heterocycles. The van der Waals surface area contributed by atoms with Gasteiger partial charge in [0.2, 0.25) is 17.6 Å². The Balaban J connectivity index is 1.66. The molecule has 13 heteroatoms. The molecular formula is C31H29F3N6O4. The molecule has 0 bridgehead atoms. The van der Waals surface area contributed by atoms with E-state index in [1.807, 2.05) is 19.9 Å². The predicted molar refractivity (Wildman–Crippen MR) is 159 cm³/mol. The first kappa shape index (κ1) is 30.4. The summed E-state index contributed by atoms with van der Waals surface area (Å²) in [6, 6.07) is 9.33. The quantitative estimate of drug-likeness (QED) is 0.272. The van der Waals surface area contributed by atoms with Gasteiger partial charge in [-0.25, -0.2) is 0 Å². The van der Waals surface area contributed by atoms with Gasteiger partial charge in [-0.1, -0.05) is 31.7 Å². The molecule has 5 rings (SSSR count). The van der Waals surface area contributed by atoms with Crippen LogP contribution in [0.15, 0.2) is 66.0 Å². The fourth-order valence-electron chi connectivity index (χ4n) is 5.02. The van der Waals surface area contributed by atoms with Crippen LogP contribution in [-0.2, 0) is 33.5 Å². The van der Waals surface area contributed by atoms with Crippen LogP contribution in [0, 0.1) is 6.92 Å². The maximum Gasteiger partial charge on any atom is 0.416 e. The minimum absolute atomic E-state index is 0.115. The molecule has 2 amide bonds. The average molecular weight is 607 g/mol. The third kappa shape index (κ3) is 6.18. The minimum Gasteiger partial charge on any atom is -0.377 e. The first-order valence-electron chi connectivity index (χ1n) is 13.8. The van der Waals surface area contributed by atoms with E-state index in [9.17, 15) is 27.6 Å². The van der Waals surface area contributed by atoms with Gasteiger partial charge in [0.1, 0.15) is 6.54 Å². The van der Waals surface area contributed by atoms with E-state index in [0.29, 0.717) is 42.4 Å². The fourth-order valence-corrected chi connectivity index (χ4v) is 5.02. The van der Waals surface area contributed by atoms with E-state index in [1.54, 1.807) is 22.8 Å². The molecule has 4 aromatic rings. The summed E-state index contributed by atoms with van der Waals surface area (Å²) >= 11 is 0. The van der Waals surface area contributed by atoms with Crippen molar-refractivity contribution in [3.8, 4) is 11.1 Å². The highest BCUT2D eigenvalue weighted by Crippen LogP contribution is 2.32. The lowest BCUT2D eigenvalue weighted by Gasteiger charge is -2.19. The molecule has 0 fully saturated rings. The number of aromatic nitrogens is 4. The molecule has 1 aliphatic rings. The molecule has 0 saturated carbocycles. The molecule has 10 nitrogen and oxygen atoms in total. The third-order valence-electron chi connectivity index (χ3n) is 7.12. The number of nitrogens with zero attached hydrogens (tertiary/aromatic N) is 4. The van der Waals surface area contributed by atoms with Gasteiger partial charge < -0.3 is 19.9 Å². The summed E-state index contributed by atoms with van der Waals surface area (Å²) < 4.78 is 47.1. The average Bonchev–Trinajstić information content (AvgIpc) is 3.45. The van der Waals surface area contributed by atoms with Gasteiger partial charge in [-0.05, 0) is 67.3 Å². The number of carbonyl (C=O) groups excluding carboxylic acids is 2. The zero-order valence-corrected chi connectivity index (χ0v) is 24.0. The smallest absolute Gasteiger partial charge is 0.377 e. The number of amides is 2. The van der Waals surface area contributed by atoms with Crippen LogP contribution < -0.4 is 16.2 Å². The standard InChI is InChI=1S/C31H29F3N6O4/c1-4-24-27(22-11-6-18(3)16-23(22)36-25(41)5-2)29(43)40-30(37-28(38-40)19-12-14-44-15-13-19)39(24)17-26(42)35-21-9-7-20(8-10-21)31(32,33)34/h5-12,16H,2,4,13-15,17H2,1,3H3,(H,35,42)(H,36,41). The number of ether oxygens (including phenoxy) is 1. The molecule has 0 aliphatic carbocycles. The van der Waals surface area contributed by atoms with E-state index < -0.39 is 29.1 Å². The number of hydrogen-bond donors (Lipinski definition) is 2. The number of fused-ring (bicyclic) bond motifs is 1. The minimum atomic E-state index is -4.51. The molecule has 2 aromatic carbocycles. The highest BCUT2D eigenvalue weighted by Gasteiger charge is 2.30. The number of hydrogen-bond acceptors (Lipinski definition) is 6. The Morgan fingerprint density at radius 2 is 1.89 bits per heavy atom. The lowest BCUT2D eigenvalue weighted by molar-refractivity contribution is -0.137. The van der Waals surface area contributed by atoms with Crippen LogP contribution in [0.1, 0.15) is 36.0 Å². The predicted octanol–water partition coefficient (Wildman–Crippen LogP) is 5.01. The Hall–Kier alpha value is -5.04. The molecular weight excluding hydrogens is 577 g/mol. The lowest BCUT2D eigenvalue weighted by atomic mass is 9.99. The van der Waals surface area contributed by atoms with Gasteiger partial charge >= 0.3 is 6.18 Å². The van der Waals surface area contributed by atoms with Gasteiger partial charge in [-0.15, -0.1) is 5.10 Å². The van der Waals surface area contributed by atoms with Crippen LogP contribution in [0.4, 0.5) is 24.5 Å². The van der Waals surface area contributed by atoms with Gasteiger partial charge in [0.25, 0.3) is 5.56 Å². The van der Waals surface area contributed by atoms with Gasteiger partial charge in [0.05, 0.1) is 24.3 Å². The maximum absolute atomic E-state index is 14.1. The van der Waals surface area contributed by atoms with Crippen molar-refractivity contribution >= 4 is 34.5 Å². The Morgan fingerprint density at radius 1 is 1.14 bits per heavy atom. The number of nitrogens with one attached hydrogen (secondary N) is 2. The molecule has 2 N–H and O–H groups in total. The zero-order valence-electron chi connectivity index (χ0n) is 24.0. The van der Waals surface area contributed by atoms with E-state index in [4.69, 9.17) is 4.74 Å². The van der Waals surface area contributed by atoms with Crippen LogP contribution in [0.2, 0.25) is 0 Å². The van der Waals surface area contributed by atoms with Crippen LogP contribution >= 0.6 is 0 Å². The summed E-state index contributed by atoms with van der Waals surface area (Å²) in [5.41, 5.74) is 1.88. The van der Waals surface area contributed by atoms with Crippen molar-refractivity contribution < 1.29 is 27.5 Å². The monoisotopic (exact) mass is 606 g/mol. The van der Waals surface area contributed by atoms with Crippen molar-refractivity contribution in [2.75, 3.05) is 23.8 Å². The maximum atomic E-state index is 14.1. The number of rotatable bonds is 8. The van der Waals surface area contributed by atoms with Crippen molar-refractivity contribution in [1.29, 1.82) is 0 Å². The van der Waals surface area contributed by atoms with Crippen LogP contribution in [0.5, 0.6) is 0 Å². The van der Waals surface area contributed by atoms with E-state index in [1.165, 1.54) is 12.1 Å². The summed E-state index contributed by atoms with van der Waals surface area (Å²) in [6.07, 6.45) is -0.749. The molecule has 0 spiro atoms. The van der Waals surface area contributed by atoms with Crippen LogP contribution in [0.25, 0.3) is 22.5 Å². The third-order valence-corrected chi connectivity index (χ3v) is 7.12. The van der Waals surface area contributed by atoms with E-state index >= 15 is 0 Å². The summed E-state index contributed by atoms with van der Waals surface area (Å²) in [5.74, 6) is -0.605. The van der Waals surface area contributed by atoms with Crippen molar-refractivity contribution in [2.45, 2.75) is 39.4 Å². The van der Waals surface area contributed by atoms with Gasteiger partial charge in [0, 0.05) is 22.6 Å². The first-order chi connectivity index (χ1) is 21.0. The topological polar surface area (TPSA) is 120 Å². The lowest BCUT2D eigenvalue weighted by Crippen LogP contribution is -2.29. The van der Waals surface area contributed by atoms with Crippen molar-refractivity contribution in [2.24, 2.45) is 0 Å². The van der Waals surface area contributed by atoms with Gasteiger partial charge in [0.15, 0.2) is 5.82 Å². The second kappa shape index (κ2) is 12.3. The van der Waals surface area contributed by atoms with Gasteiger partial charge in [-0.3, -0.25) is 14.4 Å². The second-order valence-electron chi connectivity index (χ2n) is 10.1. The largest absolute Gasteiger partial charge is 0.416 e. The van der Waals surface area contributed by atoms with Crippen molar-refractivity contribution in [3.05, 3.63) is 94.2 Å². The Bertz CT molecular complexity index is 1860. The number of benzene rings is 2. The number of anilines is 2. The number of halogens is 3. The molecule has 0 unspecified atom stereocenters. The molecule has 0 radical (unpaired) electrons. The van der Waals surface area contributed by atoms with E-state index in [0.717, 1.165) is 33.9 Å². The molecule has 228 valence electrons. The normalized spacial score (nSPS) is 13.4. The summed E-state index contributed by atoms with van der Waals surface area (Å²) in [7, 11) is 0. The number of alkyl halides is 3. The highest BCUT2D eigenvalue weighted by molar-refractivity contribution is 6.02. The SMILES string of the molecule is C=CC(=O)Nc1cc(C)ccc1-c1c(CC)n(CC(=O)Nc2ccc(C(F)(F)F)cc2)c2nc(C3=CCOCC3)nn2c1=O. The summed E-state index contributed by atoms with van der Waals surface area (Å²) in [5, 5.41) is 9.89. The molecule has 2 aromatic heterocycles.